The summed E-state index contributed by atoms with van der Waals surface area (Å²) in [4.78, 5) is 24.5. The van der Waals surface area contributed by atoms with E-state index in [1.54, 1.807) is 35.9 Å². The number of aryl methyl sites for hydroxylation is 1. The lowest BCUT2D eigenvalue weighted by Gasteiger charge is -2.14. The number of halogens is 1. The second-order valence-electron chi connectivity index (χ2n) is 8.06. The highest BCUT2D eigenvalue weighted by Crippen LogP contribution is 2.27. The second-order valence-corrected chi connectivity index (χ2v) is 9.44. The maximum atomic E-state index is 12.3. The van der Waals surface area contributed by atoms with Crippen LogP contribution in [-0.2, 0) is 23.2 Å². The molecule has 1 heterocycles. The summed E-state index contributed by atoms with van der Waals surface area (Å²) in [5.74, 6) is 1.34. The van der Waals surface area contributed by atoms with Crippen LogP contribution in [0.3, 0.4) is 0 Å². The van der Waals surface area contributed by atoms with Gasteiger partial charge in [-0.25, -0.2) is 0 Å². The van der Waals surface area contributed by atoms with Crippen molar-refractivity contribution in [3.8, 4) is 5.75 Å². The summed E-state index contributed by atoms with van der Waals surface area (Å²) in [5, 5.41) is 15.0. The average Bonchev–Trinajstić information content (AvgIpc) is 3.15. The number of aromatic nitrogens is 3. The average molecular weight is 502 g/mol. The molecule has 0 unspecified atom stereocenters. The van der Waals surface area contributed by atoms with E-state index < -0.39 is 0 Å². The van der Waals surface area contributed by atoms with Gasteiger partial charge >= 0.3 is 0 Å². The summed E-state index contributed by atoms with van der Waals surface area (Å²) in [5.41, 5.74) is 2.81. The largest absolute Gasteiger partial charge is 0.483 e. The molecule has 0 aliphatic carbocycles. The smallest absolute Gasteiger partial charge is 0.258 e. The van der Waals surface area contributed by atoms with Gasteiger partial charge in [0, 0.05) is 17.8 Å². The molecule has 180 valence electrons. The van der Waals surface area contributed by atoms with Crippen molar-refractivity contribution in [3.05, 3.63) is 64.4 Å². The van der Waals surface area contributed by atoms with Gasteiger partial charge in [0.15, 0.2) is 17.6 Å². The highest BCUT2D eigenvalue weighted by atomic mass is 35.5. The Morgan fingerprint density at radius 2 is 1.85 bits per heavy atom. The molecule has 2 N–H and O–H groups in total. The Morgan fingerprint density at radius 1 is 1.12 bits per heavy atom. The fourth-order valence-electron chi connectivity index (χ4n) is 3.10. The van der Waals surface area contributed by atoms with Crippen LogP contribution < -0.4 is 15.4 Å². The lowest BCUT2D eigenvalue weighted by atomic mass is 10.0. The third kappa shape index (κ3) is 7.23. The number of carbonyl (C=O) groups is 2. The molecule has 3 aromatic rings. The number of ether oxygens (including phenoxy) is 1. The minimum absolute atomic E-state index is 0.0898. The Labute approximate surface area is 208 Å². The van der Waals surface area contributed by atoms with E-state index in [2.05, 4.69) is 34.7 Å². The van der Waals surface area contributed by atoms with Crippen molar-refractivity contribution in [1.82, 2.24) is 20.1 Å². The Balaban J connectivity index is 1.47. The molecule has 0 saturated heterocycles. The highest BCUT2D eigenvalue weighted by molar-refractivity contribution is 7.99. The molecule has 2 amide bonds. The molecule has 10 heteroatoms. The minimum atomic E-state index is -0.254. The lowest BCUT2D eigenvalue weighted by molar-refractivity contribution is -0.123. The number of benzene rings is 2. The zero-order valence-corrected chi connectivity index (χ0v) is 21.2. The Kier molecular flexibility index (Phi) is 8.95. The number of nitrogens with one attached hydrogen (secondary N) is 2. The number of hydrogen-bond acceptors (Lipinski definition) is 6. The number of carbonyl (C=O) groups excluding carboxylic acids is 2. The van der Waals surface area contributed by atoms with Crippen molar-refractivity contribution in [3.63, 3.8) is 0 Å². The number of rotatable bonds is 10. The van der Waals surface area contributed by atoms with Crippen LogP contribution in [0.1, 0.15) is 36.7 Å². The molecule has 0 aliphatic heterocycles. The van der Waals surface area contributed by atoms with Gasteiger partial charge in [0.2, 0.25) is 5.91 Å². The molecule has 0 saturated carbocycles. The number of amides is 2. The van der Waals surface area contributed by atoms with Gasteiger partial charge in [-0.1, -0.05) is 49.3 Å². The predicted octanol–water partition coefficient (Wildman–Crippen LogP) is 4.33. The van der Waals surface area contributed by atoms with E-state index in [0.29, 0.717) is 27.6 Å². The summed E-state index contributed by atoms with van der Waals surface area (Å²) < 4.78 is 7.52. The molecule has 0 fully saturated rings. The minimum Gasteiger partial charge on any atom is -0.483 e. The zero-order valence-electron chi connectivity index (χ0n) is 19.6. The van der Waals surface area contributed by atoms with E-state index in [-0.39, 0.29) is 30.7 Å². The summed E-state index contributed by atoms with van der Waals surface area (Å²) >= 11 is 7.11. The van der Waals surface area contributed by atoms with Crippen LogP contribution in [0, 0.1) is 6.92 Å². The van der Waals surface area contributed by atoms with Crippen molar-refractivity contribution < 1.29 is 14.3 Å². The quantitative estimate of drug-likeness (QED) is 0.401. The maximum Gasteiger partial charge on any atom is 0.258 e. The van der Waals surface area contributed by atoms with Gasteiger partial charge in [-0.2, -0.15) is 0 Å². The Bertz CT molecular complexity index is 1150. The summed E-state index contributed by atoms with van der Waals surface area (Å²) in [6.07, 6.45) is 0. The van der Waals surface area contributed by atoms with E-state index >= 15 is 0 Å². The van der Waals surface area contributed by atoms with E-state index in [4.69, 9.17) is 16.3 Å². The van der Waals surface area contributed by atoms with Crippen LogP contribution in [0.15, 0.2) is 47.6 Å². The van der Waals surface area contributed by atoms with Gasteiger partial charge < -0.3 is 19.9 Å². The van der Waals surface area contributed by atoms with Gasteiger partial charge in [0.25, 0.3) is 5.91 Å². The van der Waals surface area contributed by atoms with E-state index in [9.17, 15) is 9.59 Å². The molecule has 1 aromatic heterocycles. The van der Waals surface area contributed by atoms with Gasteiger partial charge in [-0.3, -0.25) is 9.59 Å². The number of thioether (sulfide) groups is 1. The topological polar surface area (TPSA) is 98.1 Å². The standard InChI is InChI=1S/C24H28ClN5O3S/c1-15(2)19-10-5-16(3)11-20(19)33-13-22(31)26-12-21-28-29-24(30(21)4)34-14-23(32)27-18-8-6-17(25)7-9-18/h5-11,15H,12-14H2,1-4H3,(H,26,31)(H,27,32). The first-order valence-electron chi connectivity index (χ1n) is 10.8. The fourth-order valence-corrected chi connectivity index (χ4v) is 3.96. The van der Waals surface area contributed by atoms with Gasteiger partial charge in [-0.15, -0.1) is 10.2 Å². The first-order chi connectivity index (χ1) is 16.2. The summed E-state index contributed by atoms with van der Waals surface area (Å²) in [6, 6.07) is 12.9. The van der Waals surface area contributed by atoms with Gasteiger partial charge in [-0.05, 0) is 54.3 Å². The van der Waals surface area contributed by atoms with Crippen LogP contribution in [0.2, 0.25) is 5.02 Å². The van der Waals surface area contributed by atoms with Crippen molar-refractivity contribution in [2.75, 3.05) is 17.7 Å². The molecule has 2 aromatic carbocycles. The molecule has 3 rings (SSSR count). The van der Waals surface area contributed by atoms with Crippen LogP contribution >= 0.6 is 23.4 Å². The van der Waals surface area contributed by atoms with Crippen LogP contribution in [0.5, 0.6) is 5.75 Å². The first-order valence-corrected chi connectivity index (χ1v) is 12.2. The van der Waals surface area contributed by atoms with Crippen molar-refractivity contribution in [1.29, 1.82) is 0 Å². The molecule has 0 bridgehead atoms. The molecule has 0 spiro atoms. The first kappa shape index (κ1) is 25.6. The normalized spacial score (nSPS) is 10.9. The van der Waals surface area contributed by atoms with E-state index in [1.807, 2.05) is 25.1 Å². The second kappa shape index (κ2) is 11.9. The fraction of sp³-hybridized carbons (Fsp3) is 0.333. The monoisotopic (exact) mass is 501 g/mol. The molecular weight excluding hydrogens is 474 g/mol. The van der Waals surface area contributed by atoms with Crippen molar-refractivity contribution >= 4 is 40.9 Å². The number of hydrogen-bond donors (Lipinski definition) is 2. The van der Waals surface area contributed by atoms with Crippen LogP contribution in [0.4, 0.5) is 5.69 Å². The summed E-state index contributed by atoms with van der Waals surface area (Å²) in [6.45, 7) is 6.27. The third-order valence-corrected chi connectivity index (χ3v) is 6.25. The molecule has 0 atom stereocenters. The number of anilines is 1. The van der Waals surface area contributed by atoms with Gasteiger partial charge in [0.05, 0.1) is 12.3 Å². The molecule has 34 heavy (non-hydrogen) atoms. The molecule has 8 nitrogen and oxygen atoms in total. The van der Waals surface area contributed by atoms with Crippen LogP contribution in [-0.4, -0.2) is 38.9 Å². The molecular formula is C24H28ClN5O3S. The van der Waals surface area contributed by atoms with Crippen LogP contribution in [0.25, 0.3) is 0 Å². The highest BCUT2D eigenvalue weighted by Gasteiger charge is 2.14. The third-order valence-electron chi connectivity index (χ3n) is 4.98. The predicted molar refractivity (Wildman–Crippen MR) is 134 cm³/mol. The van der Waals surface area contributed by atoms with E-state index in [1.165, 1.54) is 11.8 Å². The van der Waals surface area contributed by atoms with Gasteiger partial charge in [0.1, 0.15) is 5.75 Å². The number of nitrogens with zero attached hydrogens (tertiary/aromatic N) is 3. The lowest BCUT2D eigenvalue weighted by Crippen LogP contribution is -2.29. The molecule has 0 radical (unpaired) electrons. The maximum absolute atomic E-state index is 12.3. The molecule has 0 aliphatic rings. The van der Waals surface area contributed by atoms with Crippen molar-refractivity contribution in [2.45, 2.75) is 38.4 Å². The van der Waals surface area contributed by atoms with Crippen molar-refractivity contribution in [2.24, 2.45) is 7.05 Å². The van der Waals surface area contributed by atoms with E-state index in [0.717, 1.165) is 16.9 Å². The summed E-state index contributed by atoms with van der Waals surface area (Å²) in [7, 11) is 1.79. The zero-order chi connectivity index (χ0) is 24.7. The SMILES string of the molecule is Cc1ccc(C(C)C)c(OCC(=O)NCc2nnc(SCC(=O)Nc3ccc(Cl)cc3)n2C)c1. The Morgan fingerprint density at radius 3 is 2.56 bits per heavy atom. The Hall–Kier alpha value is -3.04.